The van der Waals surface area contributed by atoms with Gasteiger partial charge in [0.15, 0.2) is 0 Å². The molecule has 0 saturated carbocycles. The van der Waals surface area contributed by atoms with Crippen LogP contribution in [-0.4, -0.2) is 45.1 Å². The number of halogens is 2. The molecule has 1 atom stereocenters. The van der Waals surface area contributed by atoms with Crippen LogP contribution < -0.4 is 20.5 Å². The van der Waals surface area contributed by atoms with Crippen LogP contribution >= 0.6 is 0 Å². The van der Waals surface area contributed by atoms with Gasteiger partial charge in [-0.25, -0.2) is 9.97 Å². The highest BCUT2D eigenvalue weighted by Gasteiger charge is 2.30. The monoisotopic (exact) mass is 550 g/mol. The molecule has 1 saturated heterocycles. The van der Waals surface area contributed by atoms with Crippen molar-refractivity contribution in [1.29, 1.82) is 0 Å². The Labute approximate surface area is 230 Å². The number of amides is 1. The van der Waals surface area contributed by atoms with Gasteiger partial charge in [-0.2, -0.15) is 8.78 Å². The van der Waals surface area contributed by atoms with Gasteiger partial charge in [-0.05, 0) is 51.7 Å². The number of carbonyl (C=O) groups excluding carboxylic acids is 1. The molecule has 4 aromatic rings. The molecule has 3 aromatic heterocycles. The first-order valence-electron chi connectivity index (χ1n) is 13.3. The van der Waals surface area contributed by atoms with Crippen molar-refractivity contribution >= 4 is 22.8 Å². The Morgan fingerprint density at radius 2 is 1.85 bits per heavy atom. The van der Waals surface area contributed by atoms with E-state index in [1.165, 1.54) is 6.07 Å². The number of aromatic nitrogens is 4. The van der Waals surface area contributed by atoms with E-state index in [-0.39, 0.29) is 23.9 Å². The van der Waals surface area contributed by atoms with Gasteiger partial charge in [0.25, 0.3) is 11.5 Å². The first-order chi connectivity index (χ1) is 19.2. The van der Waals surface area contributed by atoms with E-state index in [4.69, 9.17) is 0 Å². The zero-order chi connectivity index (χ0) is 28.4. The van der Waals surface area contributed by atoms with Crippen LogP contribution in [0.4, 0.5) is 14.7 Å². The molecule has 5 rings (SSSR count). The molecule has 0 spiro atoms. The van der Waals surface area contributed by atoms with Gasteiger partial charge in [0.2, 0.25) is 5.95 Å². The molecule has 40 heavy (non-hydrogen) atoms. The standard InChI is InChI=1S/C29H32F2N6O3/c1-17-15-24(40-28(30)31)22(26(38)35-17)16-34-27(39)25-19(3)37(23-8-5-4-7-21(23)25)18(2)20-9-13-36(14-10-20)29-32-11-6-12-33-29/h4-8,11-12,15,18,20,28H,9-10,13-14,16H2,1-3H3,(H,34,39)(H,35,38). The summed E-state index contributed by atoms with van der Waals surface area (Å²) in [5, 5.41) is 3.55. The fourth-order valence-electron chi connectivity index (χ4n) is 5.76. The second-order valence-corrected chi connectivity index (χ2v) is 10.1. The van der Waals surface area contributed by atoms with Gasteiger partial charge in [-0.1, -0.05) is 18.2 Å². The predicted molar refractivity (Wildman–Crippen MR) is 148 cm³/mol. The minimum Gasteiger partial charge on any atom is -0.434 e. The van der Waals surface area contributed by atoms with Crippen molar-refractivity contribution in [3.63, 3.8) is 0 Å². The molecule has 9 nitrogen and oxygen atoms in total. The van der Waals surface area contributed by atoms with Gasteiger partial charge in [0, 0.05) is 59.9 Å². The number of fused-ring (bicyclic) bond motifs is 1. The Bertz CT molecular complexity index is 1560. The van der Waals surface area contributed by atoms with E-state index in [0.29, 0.717) is 17.2 Å². The SMILES string of the molecule is Cc1cc(OC(F)F)c(CNC(=O)c2c(C)n(C(C)C3CCN(c4ncccn4)CC3)c3ccccc23)c(=O)[nH]1. The number of anilines is 1. The van der Waals surface area contributed by atoms with E-state index in [1.54, 1.807) is 25.4 Å². The Hall–Kier alpha value is -4.28. The summed E-state index contributed by atoms with van der Waals surface area (Å²) in [7, 11) is 0. The molecular weight excluding hydrogens is 518 g/mol. The van der Waals surface area contributed by atoms with Gasteiger partial charge in [-0.15, -0.1) is 0 Å². The van der Waals surface area contributed by atoms with Crippen LogP contribution in [0.25, 0.3) is 10.9 Å². The first-order valence-corrected chi connectivity index (χ1v) is 13.3. The van der Waals surface area contributed by atoms with Crippen molar-refractivity contribution in [2.24, 2.45) is 5.92 Å². The minimum absolute atomic E-state index is 0.0665. The van der Waals surface area contributed by atoms with Gasteiger partial charge in [-0.3, -0.25) is 9.59 Å². The van der Waals surface area contributed by atoms with Gasteiger partial charge in [0.05, 0.1) is 17.7 Å². The van der Waals surface area contributed by atoms with E-state index >= 15 is 0 Å². The lowest BCUT2D eigenvalue weighted by Crippen LogP contribution is -2.37. The third-order valence-corrected chi connectivity index (χ3v) is 7.72. The van der Waals surface area contributed by atoms with E-state index < -0.39 is 18.1 Å². The Morgan fingerprint density at radius 1 is 1.15 bits per heavy atom. The lowest BCUT2D eigenvalue weighted by molar-refractivity contribution is -0.0506. The van der Waals surface area contributed by atoms with Crippen molar-refractivity contribution in [1.82, 2.24) is 24.8 Å². The number of H-pyrrole nitrogens is 1. The number of para-hydroxylation sites is 1. The molecule has 0 radical (unpaired) electrons. The quantitative estimate of drug-likeness (QED) is 0.328. The van der Waals surface area contributed by atoms with Crippen LogP contribution in [-0.2, 0) is 6.54 Å². The van der Waals surface area contributed by atoms with Gasteiger partial charge >= 0.3 is 6.61 Å². The van der Waals surface area contributed by atoms with Gasteiger partial charge in [0.1, 0.15) is 5.75 Å². The average molecular weight is 551 g/mol. The molecule has 4 heterocycles. The highest BCUT2D eigenvalue weighted by Crippen LogP contribution is 2.36. The maximum Gasteiger partial charge on any atom is 0.387 e. The van der Waals surface area contributed by atoms with Crippen molar-refractivity contribution < 1.29 is 18.3 Å². The van der Waals surface area contributed by atoms with Crippen molar-refractivity contribution in [2.75, 3.05) is 18.0 Å². The van der Waals surface area contributed by atoms with Crippen LogP contribution in [0, 0.1) is 19.8 Å². The average Bonchev–Trinajstić information content (AvgIpc) is 3.24. The normalized spacial score (nSPS) is 15.0. The molecule has 1 unspecified atom stereocenters. The number of hydrogen-bond acceptors (Lipinski definition) is 6. The lowest BCUT2D eigenvalue weighted by Gasteiger charge is -2.36. The Kier molecular flexibility index (Phi) is 7.81. The smallest absolute Gasteiger partial charge is 0.387 e. The summed E-state index contributed by atoms with van der Waals surface area (Å²) in [5.41, 5.74) is 1.98. The second-order valence-electron chi connectivity index (χ2n) is 10.1. The number of alkyl halides is 2. The third kappa shape index (κ3) is 5.41. The Morgan fingerprint density at radius 3 is 2.55 bits per heavy atom. The highest BCUT2D eigenvalue weighted by atomic mass is 19.3. The maximum absolute atomic E-state index is 13.5. The van der Waals surface area contributed by atoms with E-state index in [2.05, 4.69) is 41.4 Å². The van der Waals surface area contributed by atoms with Crippen LogP contribution in [0.2, 0.25) is 0 Å². The van der Waals surface area contributed by atoms with Crippen LogP contribution in [0.15, 0.2) is 53.6 Å². The predicted octanol–water partition coefficient (Wildman–Crippen LogP) is 4.75. The van der Waals surface area contributed by atoms with Crippen LogP contribution in [0.3, 0.4) is 0 Å². The number of aryl methyl sites for hydroxylation is 1. The van der Waals surface area contributed by atoms with Crippen LogP contribution in [0.1, 0.15) is 53.1 Å². The highest BCUT2D eigenvalue weighted by molar-refractivity contribution is 6.08. The van der Waals surface area contributed by atoms with E-state index in [1.807, 2.05) is 31.2 Å². The minimum atomic E-state index is -3.09. The molecule has 1 amide bonds. The molecule has 2 N–H and O–H groups in total. The number of benzene rings is 1. The number of nitrogens with zero attached hydrogens (tertiary/aromatic N) is 4. The molecule has 11 heteroatoms. The lowest BCUT2D eigenvalue weighted by atomic mass is 9.90. The number of carbonyl (C=O) groups is 1. The van der Waals surface area contributed by atoms with Crippen molar-refractivity contribution in [2.45, 2.75) is 52.8 Å². The van der Waals surface area contributed by atoms with Gasteiger partial charge < -0.3 is 24.5 Å². The summed E-state index contributed by atoms with van der Waals surface area (Å²) >= 11 is 0. The molecule has 1 fully saturated rings. The molecule has 1 aliphatic rings. The number of ether oxygens (including phenoxy) is 1. The summed E-state index contributed by atoms with van der Waals surface area (Å²) in [6, 6.07) is 11.0. The summed E-state index contributed by atoms with van der Waals surface area (Å²) < 4.78 is 32.7. The zero-order valence-electron chi connectivity index (χ0n) is 22.7. The van der Waals surface area contributed by atoms with Crippen molar-refractivity contribution in [3.05, 3.63) is 81.7 Å². The molecule has 0 aliphatic carbocycles. The summed E-state index contributed by atoms with van der Waals surface area (Å²) in [4.78, 5) is 39.6. The summed E-state index contributed by atoms with van der Waals surface area (Å²) in [5.74, 6) is 0.477. The molecule has 0 bridgehead atoms. The fraction of sp³-hybridized carbons (Fsp3) is 0.379. The maximum atomic E-state index is 13.5. The van der Waals surface area contributed by atoms with Crippen LogP contribution in [0.5, 0.6) is 5.75 Å². The number of nitrogens with one attached hydrogen (secondary N) is 2. The largest absolute Gasteiger partial charge is 0.434 e. The fourth-order valence-corrected chi connectivity index (χ4v) is 5.76. The topological polar surface area (TPSA) is 105 Å². The molecular formula is C29H32F2N6O3. The third-order valence-electron chi connectivity index (χ3n) is 7.72. The summed E-state index contributed by atoms with van der Waals surface area (Å²) in [6.45, 7) is 4.01. The molecule has 1 aliphatic heterocycles. The van der Waals surface area contributed by atoms with E-state index in [0.717, 1.165) is 48.5 Å². The second kappa shape index (κ2) is 11.4. The summed E-state index contributed by atoms with van der Waals surface area (Å²) in [6.07, 6.45) is 5.41. The first kappa shape index (κ1) is 27.3. The Balaban J connectivity index is 1.38. The number of pyridine rings is 1. The number of piperidine rings is 1. The molecule has 1 aromatic carbocycles. The zero-order valence-corrected chi connectivity index (χ0v) is 22.7. The van der Waals surface area contributed by atoms with E-state index in [9.17, 15) is 18.4 Å². The number of rotatable bonds is 8. The van der Waals surface area contributed by atoms with Crippen molar-refractivity contribution in [3.8, 4) is 5.75 Å². The number of hydrogen-bond donors (Lipinski definition) is 2. The number of aromatic amines is 1. The molecule has 210 valence electrons.